The van der Waals surface area contributed by atoms with Crippen molar-refractivity contribution in [2.45, 2.75) is 37.5 Å². The molecule has 5 nitrogen and oxygen atoms in total. The van der Waals surface area contributed by atoms with Crippen molar-refractivity contribution in [2.24, 2.45) is 0 Å². The molecule has 0 atom stereocenters. The van der Waals surface area contributed by atoms with Crippen LogP contribution < -0.4 is 5.32 Å². The number of fused-ring (bicyclic) bond motifs is 3. The van der Waals surface area contributed by atoms with Gasteiger partial charge in [-0.25, -0.2) is 4.39 Å². The fourth-order valence-corrected chi connectivity index (χ4v) is 4.43. The highest BCUT2D eigenvalue weighted by atomic mass is 32.2. The summed E-state index contributed by atoms with van der Waals surface area (Å²) >= 11 is 1.38. The van der Waals surface area contributed by atoms with Crippen molar-refractivity contribution >= 4 is 17.7 Å². The summed E-state index contributed by atoms with van der Waals surface area (Å²) in [6.07, 6.45) is 0.887. The molecule has 0 fully saturated rings. The summed E-state index contributed by atoms with van der Waals surface area (Å²) in [5, 5.41) is 12.3. The molecule has 28 heavy (non-hydrogen) atoms. The summed E-state index contributed by atoms with van der Waals surface area (Å²) < 4.78 is 15.1. The smallest absolute Gasteiger partial charge is 0.230 e. The fourth-order valence-electron chi connectivity index (χ4n) is 3.51. The van der Waals surface area contributed by atoms with E-state index < -0.39 is 0 Å². The second-order valence-electron chi connectivity index (χ2n) is 7.48. The molecule has 144 valence electrons. The maximum atomic E-state index is 13.0. The van der Waals surface area contributed by atoms with Crippen molar-refractivity contribution in [3.8, 4) is 11.4 Å². The van der Waals surface area contributed by atoms with E-state index in [1.165, 1.54) is 29.5 Å². The average molecular weight is 396 g/mol. The molecule has 1 aliphatic heterocycles. The summed E-state index contributed by atoms with van der Waals surface area (Å²) in [6, 6.07) is 14.3. The molecule has 1 aromatic heterocycles. The molecule has 7 heteroatoms. The highest BCUT2D eigenvalue weighted by molar-refractivity contribution is 7.99. The van der Waals surface area contributed by atoms with Crippen molar-refractivity contribution in [3.05, 3.63) is 65.5 Å². The van der Waals surface area contributed by atoms with Gasteiger partial charge in [0.2, 0.25) is 5.91 Å². The summed E-state index contributed by atoms with van der Waals surface area (Å²) in [7, 11) is 0. The van der Waals surface area contributed by atoms with Crippen LogP contribution in [-0.4, -0.2) is 26.4 Å². The van der Waals surface area contributed by atoms with Gasteiger partial charge in [0, 0.05) is 17.6 Å². The Hall–Kier alpha value is -2.67. The molecule has 1 N–H and O–H groups in total. The average Bonchev–Trinajstić information content (AvgIpc) is 3.11. The quantitative estimate of drug-likeness (QED) is 0.667. The molecular formula is C21H21FN4OS. The number of amides is 1. The molecule has 0 spiro atoms. The highest BCUT2D eigenvalue weighted by Gasteiger charge is 2.34. The third-order valence-corrected chi connectivity index (χ3v) is 5.78. The Bertz CT molecular complexity index is 1010. The Morgan fingerprint density at radius 2 is 1.93 bits per heavy atom. The Labute approximate surface area is 167 Å². The third-order valence-electron chi connectivity index (χ3n) is 4.86. The number of benzene rings is 2. The zero-order valence-electron chi connectivity index (χ0n) is 15.8. The topological polar surface area (TPSA) is 59.8 Å². The van der Waals surface area contributed by atoms with Crippen molar-refractivity contribution in [1.29, 1.82) is 0 Å². The van der Waals surface area contributed by atoms with Crippen LogP contribution in [0.4, 0.5) is 4.39 Å². The number of hydrogen-bond donors (Lipinski definition) is 1. The zero-order valence-corrected chi connectivity index (χ0v) is 16.6. The number of nitrogens with zero attached hydrogens (tertiary/aromatic N) is 3. The first-order chi connectivity index (χ1) is 13.4. The lowest BCUT2D eigenvalue weighted by molar-refractivity contribution is -0.118. The molecule has 4 rings (SSSR count). The van der Waals surface area contributed by atoms with E-state index in [1.807, 2.05) is 12.1 Å². The van der Waals surface area contributed by atoms with E-state index in [9.17, 15) is 9.18 Å². The molecule has 2 heterocycles. The number of carbonyl (C=O) groups excluding carboxylic acids is 1. The molecule has 0 unspecified atom stereocenters. The van der Waals surface area contributed by atoms with Crippen LogP contribution in [0.5, 0.6) is 0 Å². The lowest BCUT2D eigenvalue weighted by atomic mass is 9.87. The van der Waals surface area contributed by atoms with Gasteiger partial charge in [0.25, 0.3) is 0 Å². The van der Waals surface area contributed by atoms with Crippen LogP contribution in [0.25, 0.3) is 11.4 Å². The van der Waals surface area contributed by atoms with E-state index in [2.05, 4.69) is 46.1 Å². The minimum atomic E-state index is -0.286. The maximum absolute atomic E-state index is 13.0. The van der Waals surface area contributed by atoms with E-state index in [-0.39, 0.29) is 23.0 Å². The van der Waals surface area contributed by atoms with E-state index in [4.69, 9.17) is 0 Å². The van der Waals surface area contributed by atoms with Gasteiger partial charge in [0.15, 0.2) is 11.0 Å². The SMILES string of the molecule is CC1(C)Cc2ccccc2-c2nnc(SCC(=O)NCc3ccc(F)cc3)n21. The molecule has 3 aromatic rings. The molecule has 1 amide bonds. The lowest BCUT2D eigenvalue weighted by Gasteiger charge is -2.34. The summed E-state index contributed by atoms with van der Waals surface area (Å²) in [5.41, 5.74) is 3.06. The van der Waals surface area contributed by atoms with Gasteiger partial charge >= 0.3 is 0 Å². The standard InChI is InChI=1S/C21H21FN4OS/c1-21(2)11-15-5-3-4-6-17(15)19-24-25-20(26(19)21)28-13-18(27)23-12-14-7-9-16(22)10-8-14/h3-10H,11-13H2,1-2H3,(H,23,27). The second-order valence-corrected chi connectivity index (χ2v) is 8.42. The van der Waals surface area contributed by atoms with Gasteiger partial charge in [-0.1, -0.05) is 48.2 Å². The first-order valence-electron chi connectivity index (χ1n) is 9.12. The predicted octanol–water partition coefficient (Wildman–Crippen LogP) is 3.78. The highest BCUT2D eigenvalue weighted by Crippen LogP contribution is 2.39. The fraction of sp³-hybridized carbons (Fsp3) is 0.286. The van der Waals surface area contributed by atoms with Gasteiger partial charge in [-0.2, -0.15) is 0 Å². The first kappa shape index (κ1) is 18.7. The molecule has 0 aliphatic carbocycles. The number of hydrogen-bond acceptors (Lipinski definition) is 4. The summed E-state index contributed by atoms with van der Waals surface area (Å²) in [5.74, 6) is 0.713. The molecular weight excluding hydrogens is 375 g/mol. The van der Waals surface area contributed by atoms with Crippen LogP contribution in [0.1, 0.15) is 25.0 Å². The van der Waals surface area contributed by atoms with Gasteiger partial charge in [-0.05, 0) is 43.5 Å². The molecule has 0 saturated carbocycles. The van der Waals surface area contributed by atoms with Crippen LogP contribution in [0.3, 0.4) is 0 Å². The van der Waals surface area contributed by atoms with Crippen LogP contribution in [0.2, 0.25) is 0 Å². The van der Waals surface area contributed by atoms with Crippen LogP contribution in [0, 0.1) is 5.82 Å². The van der Waals surface area contributed by atoms with E-state index >= 15 is 0 Å². The number of thioether (sulfide) groups is 1. The summed E-state index contributed by atoms with van der Waals surface area (Å²) in [6.45, 7) is 4.69. The molecule has 0 radical (unpaired) electrons. The largest absolute Gasteiger partial charge is 0.351 e. The third kappa shape index (κ3) is 3.67. The number of halogens is 1. The summed E-state index contributed by atoms with van der Waals surface area (Å²) in [4.78, 5) is 12.2. The lowest BCUT2D eigenvalue weighted by Crippen LogP contribution is -2.34. The number of nitrogens with one attached hydrogen (secondary N) is 1. The van der Waals surface area contributed by atoms with Crippen molar-refractivity contribution in [1.82, 2.24) is 20.1 Å². The second kappa shape index (κ2) is 7.39. The van der Waals surface area contributed by atoms with E-state index in [0.717, 1.165) is 28.5 Å². The first-order valence-corrected chi connectivity index (χ1v) is 10.1. The van der Waals surface area contributed by atoms with Gasteiger partial charge in [0.05, 0.1) is 5.75 Å². The van der Waals surface area contributed by atoms with Gasteiger partial charge in [0.1, 0.15) is 5.82 Å². The normalized spacial score (nSPS) is 14.2. The van der Waals surface area contributed by atoms with Crippen molar-refractivity contribution < 1.29 is 9.18 Å². The predicted molar refractivity (Wildman–Crippen MR) is 107 cm³/mol. The molecule has 2 aromatic carbocycles. The van der Waals surface area contributed by atoms with Crippen LogP contribution in [-0.2, 0) is 23.3 Å². The Morgan fingerprint density at radius 3 is 2.71 bits per heavy atom. The zero-order chi connectivity index (χ0) is 19.7. The van der Waals surface area contributed by atoms with Gasteiger partial charge in [-0.3, -0.25) is 9.36 Å². The van der Waals surface area contributed by atoms with Gasteiger partial charge in [-0.15, -0.1) is 10.2 Å². The van der Waals surface area contributed by atoms with E-state index in [1.54, 1.807) is 12.1 Å². The van der Waals surface area contributed by atoms with Crippen LogP contribution >= 0.6 is 11.8 Å². The van der Waals surface area contributed by atoms with Gasteiger partial charge < -0.3 is 5.32 Å². The van der Waals surface area contributed by atoms with Crippen LogP contribution in [0.15, 0.2) is 53.7 Å². The Kier molecular flexibility index (Phi) is 4.93. The Morgan fingerprint density at radius 1 is 1.18 bits per heavy atom. The molecule has 1 aliphatic rings. The van der Waals surface area contributed by atoms with Crippen molar-refractivity contribution in [3.63, 3.8) is 0 Å². The minimum absolute atomic E-state index is 0.0966. The minimum Gasteiger partial charge on any atom is -0.351 e. The maximum Gasteiger partial charge on any atom is 0.230 e. The Balaban J connectivity index is 1.45. The monoisotopic (exact) mass is 396 g/mol. The number of carbonyl (C=O) groups is 1. The molecule has 0 saturated heterocycles. The number of rotatable bonds is 5. The van der Waals surface area contributed by atoms with Crippen molar-refractivity contribution in [2.75, 3.05) is 5.75 Å². The van der Waals surface area contributed by atoms with E-state index in [0.29, 0.717) is 6.54 Å². The number of aromatic nitrogens is 3. The molecule has 0 bridgehead atoms.